The summed E-state index contributed by atoms with van der Waals surface area (Å²) in [5.74, 6) is 0.395. The van der Waals surface area contributed by atoms with E-state index < -0.39 is 0 Å². The number of rotatable bonds is 6. The Morgan fingerprint density at radius 1 is 1.19 bits per heavy atom. The van der Waals surface area contributed by atoms with Gasteiger partial charge < -0.3 is 15.0 Å². The van der Waals surface area contributed by atoms with Crippen LogP contribution in [-0.2, 0) is 0 Å². The molecule has 26 heavy (non-hydrogen) atoms. The Hall–Kier alpha value is -3.28. The summed E-state index contributed by atoms with van der Waals surface area (Å²) in [4.78, 5) is 27.4. The van der Waals surface area contributed by atoms with Crippen molar-refractivity contribution in [2.75, 3.05) is 11.9 Å². The fraction of sp³-hybridized carbons (Fsp3) is 0.200. The molecule has 0 atom stereocenters. The SMILES string of the molecule is CCCOc1cccc(C(=O)Nc2ccccc2-n2c(C)c[nH]c2=O)c1. The third-order valence-electron chi connectivity index (χ3n) is 3.92. The van der Waals surface area contributed by atoms with Gasteiger partial charge in [0.05, 0.1) is 18.0 Å². The highest BCUT2D eigenvalue weighted by atomic mass is 16.5. The van der Waals surface area contributed by atoms with Gasteiger partial charge in [0.15, 0.2) is 0 Å². The van der Waals surface area contributed by atoms with Crippen LogP contribution in [-0.4, -0.2) is 22.1 Å². The Balaban J connectivity index is 1.88. The van der Waals surface area contributed by atoms with Gasteiger partial charge in [0.2, 0.25) is 0 Å². The fourth-order valence-electron chi connectivity index (χ4n) is 2.67. The summed E-state index contributed by atoms with van der Waals surface area (Å²) in [7, 11) is 0. The minimum Gasteiger partial charge on any atom is -0.494 e. The molecular weight excluding hydrogens is 330 g/mol. The lowest BCUT2D eigenvalue weighted by atomic mass is 10.2. The van der Waals surface area contributed by atoms with Crippen molar-refractivity contribution in [3.63, 3.8) is 0 Å². The Morgan fingerprint density at radius 2 is 2.00 bits per heavy atom. The van der Waals surface area contributed by atoms with Crippen LogP contribution >= 0.6 is 0 Å². The van der Waals surface area contributed by atoms with E-state index >= 15 is 0 Å². The van der Waals surface area contributed by atoms with E-state index in [0.29, 0.717) is 29.3 Å². The summed E-state index contributed by atoms with van der Waals surface area (Å²) in [6.07, 6.45) is 2.53. The predicted molar refractivity (Wildman–Crippen MR) is 101 cm³/mol. The molecule has 0 radical (unpaired) electrons. The molecule has 0 aliphatic heterocycles. The van der Waals surface area contributed by atoms with Crippen LogP contribution in [0.15, 0.2) is 59.5 Å². The lowest BCUT2D eigenvalue weighted by Crippen LogP contribution is -2.19. The van der Waals surface area contributed by atoms with E-state index in [1.165, 1.54) is 4.57 Å². The van der Waals surface area contributed by atoms with Crippen LogP contribution in [0.4, 0.5) is 5.69 Å². The number of amides is 1. The minimum atomic E-state index is -0.263. The zero-order valence-corrected chi connectivity index (χ0v) is 14.8. The van der Waals surface area contributed by atoms with Gasteiger partial charge in [0.1, 0.15) is 5.75 Å². The van der Waals surface area contributed by atoms with Crippen molar-refractivity contribution in [1.29, 1.82) is 0 Å². The van der Waals surface area contributed by atoms with E-state index in [-0.39, 0.29) is 11.6 Å². The van der Waals surface area contributed by atoms with Crippen molar-refractivity contribution in [2.24, 2.45) is 0 Å². The minimum absolute atomic E-state index is 0.251. The summed E-state index contributed by atoms with van der Waals surface area (Å²) in [5.41, 5.74) is 2.17. The molecule has 0 saturated carbocycles. The number of aromatic amines is 1. The number of benzene rings is 2. The van der Waals surface area contributed by atoms with Crippen LogP contribution in [0.3, 0.4) is 0 Å². The second-order valence-electron chi connectivity index (χ2n) is 5.92. The number of hydrogen-bond acceptors (Lipinski definition) is 3. The van der Waals surface area contributed by atoms with Crippen LogP contribution in [0, 0.1) is 6.92 Å². The standard InChI is InChI=1S/C20H21N3O3/c1-3-11-26-16-8-6-7-15(12-16)19(24)22-17-9-4-5-10-18(17)23-14(2)13-21-20(23)25/h4-10,12-13H,3,11H2,1-2H3,(H,21,25)(H,22,24). The van der Waals surface area contributed by atoms with Crippen LogP contribution in [0.5, 0.6) is 5.75 Å². The first-order valence-electron chi connectivity index (χ1n) is 8.51. The average molecular weight is 351 g/mol. The summed E-state index contributed by atoms with van der Waals surface area (Å²) in [6.45, 7) is 4.45. The first-order valence-corrected chi connectivity index (χ1v) is 8.51. The molecule has 0 spiro atoms. The van der Waals surface area contributed by atoms with Gasteiger partial charge in [0.25, 0.3) is 5.91 Å². The van der Waals surface area contributed by atoms with Crippen LogP contribution < -0.4 is 15.7 Å². The number of nitrogens with zero attached hydrogens (tertiary/aromatic N) is 1. The largest absolute Gasteiger partial charge is 0.494 e. The van der Waals surface area contributed by atoms with Gasteiger partial charge in [-0.15, -0.1) is 0 Å². The number of H-pyrrole nitrogens is 1. The number of ether oxygens (including phenoxy) is 1. The summed E-state index contributed by atoms with van der Waals surface area (Å²) in [6, 6.07) is 14.2. The van der Waals surface area contributed by atoms with Gasteiger partial charge in [-0.2, -0.15) is 0 Å². The molecule has 0 aliphatic carbocycles. The van der Waals surface area contributed by atoms with Gasteiger partial charge in [-0.3, -0.25) is 9.36 Å². The fourth-order valence-corrected chi connectivity index (χ4v) is 2.67. The van der Waals surface area contributed by atoms with Crippen molar-refractivity contribution < 1.29 is 9.53 Å². The molecule has 2 aromatic carbocycles. The van der Waals surface area contributed by atoms with E-state index in [2.05, 4.69) is 10.3 Å². The Morgan fingerprint density at radius 3 is 2.73 bits per heavy atom. The topological polar surface area (TPSA) is 76.1 Å². The van der Waals surface area contributed by atoms with Crippen molar-refractivity contribution >= 4 is 11.6 Å². The zero-order chi connectivity index (χ0) is 18.5. The van der Waals surface area contributed by atoms with Gasteiger partial charge in [-0.25, -0.2) is 4.79 Å². The van der Waals surface area contributed by atoms with Crippen LogP contribution in [0.1, 0.15) is 29.4 Å². The second kappa shape index (κ2) is 7.74. The smallest absolute Gasteiger partial charge is 0.330 e. The molecule has 0 bridgehead atoms. The predicted octanol–water partition coefficient (Wildman–Crippen LogP) is 3.52. The number of para-hydroxylation sites is 2. The number of aryl methyl sites for hydroxylation is 1. The molecule has 1 amide bonds. The molecule has 1 aromatic heterocycles. The third-order valence-corrected chi connectivity index (χ3v) is 3.92. The molecular formula is C20H21N3O3. The molecule has 3 rings (SSSR count). The Kier molecular flexibility index (Phi) is 5.22. The molecule has 0 aliphatic rings. The lowest BCUT2D eigenvalue weighted by Gasteiger charge is -2.13. The maximum absolute atomic E-state index is 12.7. The highest BCUT2D eigenvalue weighted by molar-refractivity contribution is 6.05. The Bertz CT molecular complexity index is 972. The van der Waals surface area contributed by atoms with E-state index in [0.717, 1.165) is 12.1 Å². The van der Waals surface area contributed by atoms with Crippen LogP contribution in [0.2, 0.25) is 0 Å². The first-order chi connectivity index (χ1) is 12.6. The van der Waals surface area contributed by atoms with E-state index in [1.807, 2.05) is 32.0 Å². The summed E-state index contributed by atoms with van der Waals surface area (Å²) >= 11 is 0. The van der Waals surface area contributed by atoms with E-state index in [1.54, 1.807) is 36.5 Å². The van der Waals surface area contributed by atoms with Gasteiger partial charge >= 0.3 is 5.69 Å². The normalized spacial score (nSPS) is 10.5. The van der Waals surface area contributed by atoms with E-state index in [9.17, 15) is 9.59 Å². The zero-order valence-electron chi connectivity index (χ0n) is 14.8. The van der Waals surface area contributed by atoms with Crippen LogP contribution in [0.25, 0.3) is 5.69 Å². The van der Waals surface area contributed by atoms with Crippen molar-refractivity contribution in [3.05, 3.63) is 76.5 Å². The van der Waals surface area contributed by atoms with Crippen molar-refractivity contribution in [1.82, 2.24) is 9.55 Å². The first kappa shape index (κ1) is 17.5. The molecule has 134 valence electrons. The number of nitrogens with one attached hydrogen (secondary N) is 2. The Labute approximate surface area is 151 Å². The van der Waals surface area contributed by atoms with E-state index in [4.69, 9.17) is 4.74 Å². The lowest BCUT2D eigenvalue weighted by molar-refractivity contribution is 0.102. The molecule has 0 fully saturated rings. The maximum Gasteiger partial charge on any atom is 0.330 e. The number of carbonyl (C=O) groups is 1. The highest BCUT2D eigenvalue weighted by Gasteiger charge is 2.13. The molecule has 1 heterocycles. The van der Waals surface area contributed by atoms with Crippen molar-refractivity contribution in [2.45, 2.75) is 20.3 Å². The van der Waals surface area contributed by atoms with Gasteiger partial charge in [0, 0.05) is 17.5 Å². The maximum atomic E-state index is 12.7. The second-order valence-corrected chi connectivity index (χ2v) is 5.92. The summed E-state index contributed by atoms with van der Waals surface area (Å²) in [5, 5.41) is 2.88. The molecule has 3 aromatic rings. The summed E-state index contributed by atoms with van der Waals surface area (Å²) < 4.78 is 7.10. The third kappa shape index (κ3) is 3.69. The quantitative estimate of drug-likeness (QED) is 0.713. The van der Waals surface area contributed by atoms with Crippen molar-refractivity contribution in [3.8, 4) is 11.4 Å². The highest BCUT2D eigenvalue weighted by Crippen LogP contribution is 2.21. The molecule has 6 heteroatoms. The molecule has 6 nitrogen and oxygen atoms in total. The molecule has 0 saturated heterocycles. The monoisotopic (exact) mass is 351 g/mol. The molecule has 0 unspecified atom stereocenters. The number of hydrogen-bond donors (Lipinski definition) is 2. The average Bonchev–Trinajstić information content (AvgIpc) is 2.99. The van der Waals surface area contributed by atoms with Gasteiger partial charge in [-0.05, 0) is 43.7 Å². The van der Waals surface area contributed by atoms with Gasteiger partial charge in [-0.1, -0.05) is 25.1 Å². The number of anilines is 1. The molecule has 2 N–H and O–H groups in total. The number of imidazole rings is 1. The number of carbonyl (C=O) groups excluding carboxylic acids is 1. The number of aromatic nitrogens is 2.